The standard InChI is InChI=1S/C22H24N4O2/c27-22(18-4-2-1-3-15(18)8-7-14-5-6-14)23-13-17-11-12-19(28-17)21-24-20(25-26-21)16-9-10-16/h1-4,14,16-17,19H,5-6,9-13H2,(H,23,27)(H,24,25,26)/t17-,19+/m0/s1. The molecule has 5 rings (SSSR count). The summed E-state index contributed by atoms with van der Waals surface area (Å²) in [6.45, 7) is 0.489. The monoisotopic (exact) mass is 376 g/mol. The quantitative estimate of drug-likeness (QED) is 0.786. The van der Waals surface area contributed by atoms with E-state index < -0.39 is 0 Å². The molecule has 1 aliphatic heterocycles. The molecule has 2 heterocycles. The second kappa shape index (κ2) is 7.40. The first-order valence-electron chi connectivity index (χ1n) is 10.2. The van der Waals surface area contributed by atoms with E-state index in [4.69, 9.17) is 4.74 Å². The molecule has 2 aliphatic carbocycles. The molecular formula is C22H24N4O2. The van der Waals surface area contributed by atoms with Crippen LogP contribution in [0.2, 0.25) is 0 Å². The number of nitrogens with one attached hydrogen (secondary N) is 2. The zero-order valence-electron chi connectivity index (χ0n) is 15.8. The molecule has 1 aromatic carbocycles. The lowest BCUT2D eigenvalue weighted by atomic mass is 10.1. The number of aromatic nitrogens is 3. The number of rotatable bonds is 5. The van der Waals surface area contributed by atoms with Gasteiger partial charge in [0.15, 0.2) is 11.6 Å². The number of carbonyl (C=O) groups excluding carboxylic acids is 1. The molecule has 3 aliphatic rings. The van der Waals surface area contributed by atoms with E-state index in [1.807, 2.05) is 24.3 Å². The highest BCUT2D eigenvalue weighted by Gasteiger charge is 2.32. The van der Waals surface area contributed by atoms with Crippen LogP contribution in [-0.2, 0) is 4.74 Å². The van der Waals surface area contributed by atoms with Crippen molar-refractivity contribution >= 4 is 5.91 Å². The first-order valence-corrected chi connectivity index (χ1v) is 10.2. The average Bonchev–Trinajstić information content (AvgIpc) is 3.64. The summed E-state index contributed by atoms with van der Waals surface area (Å²) in [7, 11) is 0. The smallest absolute Gasteiger partial charge is 0.252 e. The molecule has 0 radical (unpaired) electrons. The molecule has 0 bridgehead atoms. The number of aromatic amines is 1. The predicted octanol–water partition coefficient (Wildman–Crippen LogP) is 3.09. The van der Waals surface area contributed by atoms with Crippen LogP contribution in [0.15, 0.2) is 24.3 Å². The molecule has 0 unspecified atom stereocenters. The van der Waals surface area contributed by atoms with Crippen LogP contribution < -0.4 is 5.32 Å². The van der Waals surface area contributed by atoms with Crippen molar-refractivity contribution < 1.29 is 9.53 Å². The summed E-state index contributed by atoms with van der Waals surface area (Å²) in [5.74, 6) is 9.08. The Hall–Kier alpha value is -2.65. The molecule has 3 fully saturated rings. The number of amides is 1. The minimum atomic E-state index is -0.0940. The Morgan fingerprint density at radius 2 is 2.04 bits per heavy atom. The van der Waals surface area contributed by atoms with Gasteiger partial charge >= 0.3 is 0 Å². The highest BCUT2D eigenvalue weighted by molar-refractivity contribution is 5.96. The van der Waals surface area contributed by atoms with E-state index in [1.54, 1.807) is 0 Å². The van der Waals surface area contributed by atoms with Crippen LogP contribution in [0, 0.1) is 17.8 Å². The molecule has 1 saturated heterocycles. The summed E-state index contributed by atoms with van der Waals surface area (Å²) in [4.78, 5) is 17.2. The van der Waals surface area contributed by atoms with Crippen molar-refractivity contribution in [1.29, 1.82) is 0 Å². The lowest BCUT2D eigenvalue weighted by Gasteiger charge is -2.13. The fourth-order valence-corrected chi connectivity index (χ4v) is 3.51. The maximum absolute atomic E-state index is 12.7. The van der Waals surface area contributed by atoms with Gasteiger partial charge < -0.3 is 10.1 Å². The van der Waals surface area contributed by atoms with Crippen molar-refractivity contribution in [3.05, 3.63) is 47.0 Å². The van der Waals surface area contributed by atoms with Crippen LogP contribution in [0.4, 0.5) is 0 Å². The first-order chi connectivity index (χ1) is 13.8. The van der Waals surface area contributed by atoms with Gasteiger partial charge in [0.1, 0.15) is 6.10 Å². The molecule has 2 atom stereocenters. The molecule has 28 heavy (non-hydrogen) atoms. The minimum absolute atomic E-state index is 0.00636. The van der Waals surface area contributed by atoms with Gasteiger partial charge in [0.2, 0.25) is 0 Å². The van der Waals surface area contributed by atoms with Crippen LogP contribution in [0.25, 0.3) is 0 Å². The number of H-pyrrole nitrogens is 1. The third-order valence-corrected chi connectivity index (χ3v) is 5.53. The fraction of sp³-hybridized carbons (Fsp3) is 0.500. The Morgan fingerprint density at radius 3 is 2.86 bits per heavy atom. The molecule has 1 aromatic heterocycles. The summed E-state index contributed by atoms with van der Waals surface area (Å²) in [6, 6.07) is 7.54. The van der Waals surface area contributed by atoms with Crippen molar-refractivity contribution in [1.82, 2.24) is 20.5 Å². The molecule has 0 spiro atoms. The predicted molar refractivity (Wildman–Crippen MR) is 104 cm³/mol. The van der Waals surface area contributed by atoms with Gasteiger partial charge in [-0.15, -0.1) is 0 Å². The molecular weight excluding hydrogens is 352 g/mol. The Balaban J connectivity index is 1.17. The lowest BCUT2D eigenvalue weighted by Crippen LogP contribution is -2.32. The van der Waals surface area contributed by atoms with Gasteiger partial charge in [-0.25, -0.2) is 4.98 Å². The number of benzene rings is 1. The minimum Gasteiger partial charge on any atom is -0.365 e. The zero-order chi connectivity index (χ0) is 18.9. The third kappa shape index (κ3) is 3.95. The number of hydrogen-bond donors (Lipinski definition) is 2. The van der Waals surface area contributed by atoms with Gasteiger partial charge in [-0.2, -0.15) is 5.10 Å². The van der Waals surface area contributed by atoms with Crippen LogP contribution >= 0.6 is 0 Å². The number of nitrogens with zero attached hydrogens (tertiary/aromatic N) is 2. The van der Waals surface area contributed by atoms with Crippen molar-refractivity contribution in [3.63, 3.8) is 0 Å². The van der Waals surface area contributed by atoms with E-state index in [1.165, 1.54) is 25.7 Å². The average molecular weight is 376 g/mol. The summed E-state index contributed by atoms with van der Waals surface area (Å²) in [6.07, 6.45) is 6.45. The van der Waals surface area contributed by atoms with Crippen molar-refractivity contribution in [2.45, 2.75) is 56.7 Å². The number of carbonyl (C=O) groups is 1. The van der Waals surface area contributed by atoms with Gasteiger partial charge in [-0.3, -0.25) is 9.89 Å². The molecule has 2 aromatic rings. The Morgan fingerprint density at radius 1 is 1.18 bits per heavy atom. The van der Waals surface area contributed by atoms with Crippen LogP contribution in [0.1, 0.15) is 78.1 Å². The topological polar surface area (TPSA) is 79.9 Å². The van der Waals surface area contributed by atoms with Crippen LogP contribution in [-0.4, -0.2) is 33.7 Å². The summed E-state index contributed by atoms with van der Waals surface area (Å²) in [5, 5.41) is 10.3. The number of hydrogen-bond acceptors (Lipinski definition) is 4. The molecule has 2 N–H and O–H groups in total. The van der Waals surface area contributed by atoms with E-state index in [0.29, 0.717) is 23.9 Å². The largest absolute Gasteiger partial charge is 0.365 e. The summed E-state index contributed by atoms with van der Waals surface area (Å²) < 4.78 is 6.09. The molecule has 1 amide bonds. The number of ether oxygens (including phenoxy) is 1. The summed E-state index contributed by atoms with van der Waals surface area (Å²) in [5.41, 5.74) is 1.43. The van der Waals surface area contributed by atoms with E-state index in [2.05, 4.69) is 32.3 Å². The van der Waals surface area contributed by atoms with E-state index in [-0.39, 0.29) is 18.1 Å². The van der Waals surface area contributed by atoms with Crippen molar-refractivity contribution in [2.75, 3.05) is 6.54 Å². The highest BCUT2D eigenvalue weighted by Crippen LogP contribution is 2.39. The maximum Gasteiger partial charge on any atom is 0.252 e. The first kappa shape index (κ1) is 17.4. The van der Waals surface area contributed by atoms with E-state index >= 15 is 0 Å². The molecule has 6 heteroatoms. The molecule has 144 valence electrons. The third-order valence-electron chi connectivity index (χ3n) is 5.53. The Bertz CT molecular complexity index is 933. The Kier molecular flexibility index (Phi) is 4.61. The van der Waals surface area contributed by atoms with Crippen molar-refractivity contribution in [3.8, 4) is 11.8 Å². The van der Waals surface area contributed by atoms with E-state index in [0.717, 1.165) is 30.1 Å². The second-order valence-electron chi connectivity index (χ2n) is 7.98. The molecule has 2 saturated carbocycles. The molecule has 6 nitrogen and oxygen atoms in total. The summed E-state index contributed by atoms with van der Waals surface area (Å²) >= 11 is 0. The fourth-order valence-electron chi connectivity index (χ4n) is 3.51. The lowest BCUT2D eigenvalue weighted by molar-refractivity contribution is 0.0392. The van der Waals surface area contributed by atoms with Crippen LogP contribution in [0.5, 0.6) is 0 Å². The Labute approximate surface area is 164 Å². The highest BCUT2D eigenvalue weighted by atomic mass is 16.5. The van der Waals surface area contributed by atoms with Gasteiger partial charge in [-0.1, -0.05) is 24.0 Å². The van der Waals surface area contributed by atoms with Gasteiger partial charge in [0.25, 0.3) is 5.91 Å². The van der Waals surface area contributed by atoms with Gasteiger partial charge in [0, 0.05) is 23.9 Å². The second-order valence-corrected chi connectivity index (χ2v) is 7.98. The van der Waals surface area contributed by atoms with Gasteiger partial charge in [0.05, 0.1) is 11.7 Å². The SMILES string of the molecule is O=C(NC[C@@H]1CC[C@H](c2nc(C3CC3)n[nH]2)O1)c1ccccc1C#CC1CC1. The van der Waals surface area contributed by atoms with Crippen LogP contribution in [0.3, 0.4) is 0 Å². The normalized spacial score (nSPS) is 23.9. The van der Waals surface area contributed by atoms with Crippen molar-refractivity contribution in [2.24, 2.45) is 5.92 Å². The maximum atomic E-state index is 12.7. The zero-order valence-corrected chi connectivity index (χ0v) is 15.8. The van der Waals surface area contributed by atoms with Gasteiger partial charge in [-0.05, 0) is 50.7 Å². The van der Waals surface area contributed by atoms with E-state index in [9.17, 15) is 4.79 Å².